The van der Waals surface area contributed by atoms with Gasteiger partial charge >= 0.3 is 12.0 Å². The first-order valence-electron chi connectivity index (χ1n) is 5.45. The summed E-state index contributed by atoms with van der Waals surface area (Å²) in [5.41, 5.74) is 5.23. The van der Waals surface area contributed by atoms with Crippen molar-refractivity contribution in [1.82, 2.24) is 0 Å². The number of nitro groups is 1. The lowest BCUT2D eigenvalue weighted by molar-refractivity contribution is -0.516. The largest absolute Gasteiger partial charge is 0.458 e. The van der Waals surface area contributed by atoms with Gasteiger partial charge in [0.2, 0.25) is 0 Å². The highest BCUT2D eigenvalue weighted by molar-refractivity contribution is 5.76. The molecule has 0 bridgehead atoms. The lowest BCUT2D eigenvalue weighted by Crippen LogP contribution is -2.39. The third-order valence-electron chi connectivity index (χ3n) is 2.14. The Bertz CT molecular complexity index is 425. The van der Waals surface area contributed by atoms with Gasteiger partial charge in [-0.15, -0.1) is 0 Å². The van der Waals surface area contributed by atoms with Gasteiger partial charge in [0, 0.05) is 16.0 Å². The summed E-state index contributed by atoms with van der Waals surface area (Å²) in [4.78, 5) is 22.0. The summed E-state index contributed by atoms with van der Waals surface area (Å²) in [6.07, 6.45) is 0. The normalized spacial score (nSPS) is 12.8. The summed E-state index contributed by atoms with van der Waals surface area (Å²) in [6, 6.07) is 6.51. The Morgan fingerprint density at radius 1 is 1.44 bits per heavy atom. The summed E-state index contributed by atoms with van der Waals surface area (Å²) >= 11 is 0. The molecule has 1 rings (SSSR count). The van der Waals surface area contributed by atoms with Gasteiger partial charge < -0.3 is 10.5 Å². The second-order valence-electron chi connectivity index (χ2n) is 4.69. The zero-order chi connectivity index (χ0) is 13.8. The van der Waals surface area contributed by atoms with E-state index in [1.807, 2.05) is 0 Å². The molecule has 0 aliphatic rings. The van der Waals surface area contributed by atoms with E-state index in [4.69, 9.17) is 10.5 Å². The number of carbonyl (C=O) groups is 1. The Morgan fingerprint density at radius 3 is 2.44 bits per heavy atom. The quantitative estimate of drug-likeness (QED) is 0.484. The fraction of sp³-hybridized carbons (Fsp3) is 0.417. The minimum absolute atomic E-state index is 0.0665. The Labute approximate surface area is 105 Å². The third-order valence-corrected chi connectivity index (χ3v) is 2.14. The monoisotopic (exact) mass is 252 g/mol. The van der Waals surface area contributed by atoms with Crippen molar-refractivity contribution in [3.63, 3.8) is 0 Å². The molecule has 6 nitrogen and oxygen atoms in total. The molecule has 0 amide bonds. The van der Waals surface area contributed by atoms with E-state index in [1.54, 1.807) is 32.0 Å². The highest BCUT2D eigenvalue weighted by Gasteiger charge is 2.34. The number of hydrogen-bond donors (Lipinski definition) is 1. The summed E-state index contributed by atoms with van der Waals surface area (Å²) in [5.74, 6) is -0.898. The predicted octanol–water partition coefficient (Wildman–Crippen LogP) is 1.28. The third kappa shape index (κ3) is 4.14. The molecule has 0 fully saturated rings. The summed E-state index contributed by atoms with van der Waals surface area (Å²) in [7, 11) is 0. The zero-order valence-electron chi connectivity index (χ0n) is 10.3. The molecule has 0 spiro atoms. The first-order valence-corrected chi connectivity index (χ1v) is 5.45. The summed E-state index contributed by atoms with van der Waals surface area (Å²) in [5, 5.41) is 10.9. The van der Waals surface area contributed by atoms with Crippen LogP contribution in [-0.4, -0.2) is 23.0 Å². The van der Waals surface area contributed by atoms with Gasteiger partial charge in [0.05, 0.1) is 0 Å². The van der Waals surface area contributed by atoms with E-state index in [2.05, 4.69) is 0 Å². The molecular formula is C12H16N2O4. The van der Waals surface area contributed by atoms with E-state index < -0.39 is 22.5 Å². The minimum atomic E-state index is -1.51. The van der Waals surface area contributed by atoms with Crippen LogP contribution in [0.1, 0.15) is 25.5 Å². The maximum atomic E-state index is 11.7. The van der Waals surface area contributed by atoms with Crippen LogP contribution in [0, 0.1) is 10.1 Å². The van der Waals surface area contributed by atoms with E-state index in [0.717, 1.165) is 0 Å². The lowest BCUT2D eigenvalue weighted by atomic mass is 10.1. The molecule has 6 heteroatoms. The van der Waals surface area contributed by atoms with Crippen molar-refractivity contribution in [3.05, 3.63) is 46.0 Å². The van der Waals surface area contributed by atoms with Crippen LogP contribution in [0.15, 0.2) is 30.3 Å². The molecule has 0 aliphatic heterocycles. The molecule has 1 aromatic rings. The van der Waals surface area contributed by atoms with Crippen LogP contribution in [-0.2, 0) is 9.53 Å². The fourth-order valence-corrected chi connectivity index (χ4v) is 1.32. The molecule has 98 valence electrons. The summed E-state index contributed by atoms with van der Waals surface area (Å²) in [6.45, 7) is 3.27. The molecule has 0 aliphatic carbocycles. The molecule has 1 atom stereocenters. The molecule has 18 heavy (non-hydrogen) atoms. The van der Waals surface area contributed by atoms with E-state index in [-0.39, 0.29) is 6.61 Å². The summed E-state index contributed by atoms with van der Waals surface area (Å²) < 4.78 is 4.88. The Morgan fingerprint density at radius 2 is 2.00 bits per heavy atom. The highest BCUT2D eigenvalue weighted by atomic mass is 16.6. The van der Waals surface area contributed by atoms with Gasteiger partial charge in [-0.2, -0.15) is 0 Å². The SMILES string of the molecule is CC(C)(N)COC(=O)C(c1ccccc1)[N+](=O)[O-]. The van der Waals surface area contributed by atoms with Gasteiger partial charge in [-0.1, -0.05) is 30.3 Å². The maximum absolute atomic E-state index is 11.7. The van der Waals surface area contributed by atoms with Crippen LogP contribution < -0.4 is 5.73 Å². The predicted molar refractivity (Wildman–Crippen MR) is 65.4 cm³/mol. The van der Waals surface area contributed by atoms with Crippen molar-refractivity contribution in [2.24, 2.45) is 5.73 Å². The average molecular weight is 252 g/mol. The number of benzene rings is 1. The van der Waals surface area contributed by atoms with E-state index >= 15 is 0 Å². The number of esters is 1. The molecule has 0 saturated carbocycles. The smallest absolute Gasteiger partial charge is 0.386 e. The number of rotatable bonds is 5. The van der Waals surface area contributed by atoms with Crippen LogP contribution in [0.3, 0.4) is 0 Å². The first kappa shape index (κ1) is 14.1. The van der Waals surface area contributed by atoms with Gasteiger partial charge in [0.1, 0.15) is 6.61 Å². The van der Waals surface area contributed by atoms with Crippen molar-refractivity contribution < 1.29 is 14.5 Å². The molecular weight excluding hydrogens is 236 g/mol. The van der Waals surface area contributed by atoms with Crippen LogP contribution in [0.4, 0.5) is 0 Å². The van der Waals surface area contributed by atoms with Crippen molar-refractivity contribution in [2.45, 2.75) is 25.4 Å². The second-order valence-corrected chi connectivity index (χ2v) is 4.69. The van der Waals surface area contributed by atoms with Crippen molar-refractivity contribution >= 4 is 5.97 Å². The maximum Gasteiger partial charge on any atom is 0.386 e. The van der Waals surface area contributed by atoms with Gasteiger partial charge in [-0.05, 0) is 13.8 Å². The van der Waals surface area contributed by atoms with Gasteiger partial charge in [-0.25, -0.2) is 4.79 Å². The first-order chi connectivity index (χ1) is 8.31. The Hall–Kier alpha value is -1.95. The molecule has 0 heterocycles. The second kappa shape index (κ2) is 5.59. The van der Waals surface area contributed by atoms with Gasteiger partial charge in [0.25, 0.3) is 0 Å². The molecule has 1 unspecified atom stereocenters. The van der Waals surface area contributed by atoms with Crippen molar-refractivity contribution in [1.29, 1.82) is 0 Å². The lowest BCUT2D eigenvalue weighted by Gasteiger charge is -2.18. The van der Waals surface area contributed by atoms with E-state index in [0.29, 0.717) is 5.56 Å². The molecule has 2 N–H and O–H groups in total. The molecule has 0 aromatic heterocycles. The highest BCUT2D eigenvalue weighted by Crippen LogP contribution is 2.18. The van der Waals surface area contributed by atoms with Crippen LogP contribution in [0.25, 0.3) is 0 Å². The van der Waals surface area contributed by atoms with E-state index in [9.17, 15) is 14.9 Å². The number of nitrogens with two attached hydrogens (primary N) is 1. The van der Waals surface area contributed by atoms with Crippen LogP contribution >= 0.6 is 0 Å². The number of hydrogen-bond acceptors (Lipinski definition) is 5. The molecule has 1 aromatic carbocycles. The van der Waals surface area contributed by atoms with Crippen molar-refractivity contribution in [3.8, 4) is 0 Å². The van der Waals surface area contributed by atoms with Gasteiger partial charge in [-0.3, -0.25) is 10.1 Å². The van der Waals surface area contributed by atoms with Crippen LogP contribution in [0.5, 0.6) is 0 Å². The zero-order valence-corrected chi connectivity index (χ0v) is 10.3. The Balaban J connectivity index is 2.81. The average Bonchev–Trinajstić information content (AvgIpc) is 2.26. The number of ether oxygens (including phenoxy) is 1. The topological polar surface area (TPSA) is 95.5 Å². The minimum Gasteiger partial charge on any atom is -0.458 e. The molecule has 0 saturated heterocycles. The standard InChI is InChI=1S/C12H16N2O4/c1-12(2,13)8-18-11(15)10(14(16)17)9-6-4-3-5-7-9/h3-7,10H,8,13H2,1-2H3. The van der Waals surface area contributed by atoms with Gasteiger partial charge in [0.15, 0.2) is 0 Å². The number of carbonyl (C=O) groups excluding carboxylic acids is 1. The van der Waals surface area contributed by atoms with Crippen molar-refractivity contribution in [2.75, 3.05) is 6.61 Å². The molecule has 0 radical (unpaired) electrons. The van der Waals surface area contributed by atoms with Crippen LogP contribution in [0.2, 0.25) is 0 Å². The number of nitrogens with zero attached hydrogens (tertiary/aromatic N) is 1. The van der Waals surface area contributed by atoms with E-state index in [1.165, 1.54) is 12.1 Å². The fourth-order valence-electron chi connectivity index (χ4n) is 1.32. The Kier molecular flexibility index (Phi) is 4.38.